The Labute approximate surface area is 161 Å². The normalized spacial score (nSPS) is 12.7. The fraction of sp³-hybridized carbons (Fsp3) is 0.571. The molecular formula is C21H32O6. The van der Waals surface area contributed by atoms with Crippen LogP contribution in [0.25, 0.3) is 0 Å². The Balaban J connectivity index is 5.66. The molecule has 0 bridgehead atoms. The van der Waals surface area contributed by atoms with Gasteiger partial charge in [0, 0.05) is 18.8 Å². The summed E-state index contributed by atoms with van der Waals surface area (Å²) in [6.45, 7) is 10.2. The van der Waals surface area contributed by atoms with Crippen LogP contribution < -0.4 is 0 Å². The topological polar surface area (TPSA) is 112 Å². The minimum absolute atomic E-state index is 0.00634. The first-order valence-corrected chi connectivity index (χ1v) is 9.02. The third-order valence-corrected chi connectivity index (χ3v) is 3.65. The molecule has 0 unspecified atom stereocenters. The van der Waals surface area contributed by atoms with E-state index in [1.807, 2.05) is 13.8 Å². The van der Waals surface area contributed by atoms with Crippen LogP contribution in [0.2, 0.25) is 0 Å². The van der Waals surface area contributed by atoms with E-state index in [1.165, 1.54) is 26.0 Å². The van der Waals surface area contributed by atoms with Gasteiger partial charge in [-0.2, -0.15) is 0 Å². The van der Waals surface area contributed by atoms with Crippen LogP contribution in [0.4, 0.5) is 0 Å². The van der Waals surface area contributed by atoms with Crippen molar-refractivity contribution in [3.8, 4) is 0 Å². The van der Waals surface area contributed by atoms with Crippen LogP contribution in [0.5, 0.6) is 0 Å². The highest BCUT2D eigenvalue weighted by Crippen LogP contribution is 2.22. The lowest BCUT2D eigenvalue weighted by atomic mass is 9.86. The molecule has 0 aliphatic carbocycles. The molecule has 0 heterocycles. The lowest BCUT2D eigenvalue weighted by Crippen LogP contribution is -2.26. The number of allylic oxidation sites excluding steroid dienone is 4. The number of aliphatic hydroxyl groups is 3. The Morgan fingerprint density at radius 2 is 1.59 bits per heavy atom. The zero-order valence-electron chi connectivity index (χ0n) is 17.1. The molecule has 0 aromatic heterocycles. The van der Waals surface area contributed by atoms with Gasteiger partial charge in [-0.25, -0.2) is 0 Å². The first-order chi connectivity index (χ1) is 12.2. The molecule has 6 nitrogen and oxygen atoms in total. The summed E-state index contributed by atoms with van der Waals surface area (Å²) < 4.78 is 0. The van der Waals surface area contributed by atoms with Gasteiger partial charge < -0.3 is 15.3 Å². The molecule has 6 heteroatoms. The monoisotopic (exact) mass is 380 g/mol. The summed E-state index contributed by atoms with van der Waals surface area (Å²) in [7, 11) is 0. The molecule has 0 aromatic carbocycles. The van der Waals surface area contributed by atoms with Gasteiger partial charge in [-0.15, -0.1) is 0 Å². The van der Waals surface area contributed by atoms with Crippen LogP contribution in [0.3, 0.4) is 0 Å². The van der Waals surface area contributed by atoms with Gasteiger partial charge in [-0.05, 0) is 46.1 Å². The molecule has 0 amide bonds. The van der Waals surface area contributed by atoms with E-state index in [4.69, 9.17) is 0 Å². The standard InChI is InChI=1S/C21H32O6/c1-13(2)7-8-15(12-16(22)9-10-21(5,6)27)19(24)18(20(25)26)17(23)11-14(3)4/h7,9-10,14-15,25-27H,8,11-12H2,1-6H3/b10-9+/t15-/m1/s1. The first-order valence-electron chi connectivity index (χ1n) is 9.02. The van der Waals surface area contributed by atoms with E-state index in [-0.39, 0.29) is 25.2 Å². The van der Waals surface area contributed by atoms with E-state index in [0.717, 1.165) is 5.57 Å². The van der Waals surface area contributed by atoms with Crippen LogP contribution in [-0.2, 0) is 14.4 Å². The Bertz CT molecular complexity index is 636. The van der Waals surface area contributed by atoms with Crippen molar-refractivity contribution in [2.24, 2.45) is 11.8 Å². The van der Waals surface area contributed by atoms with Gasteiger partial charge in [0.15, 0.2) is 17.3 Å². The number of hydrogen-bond acceptors (Lipinski definition) is 6. The van der Waals surface area contributed by atoms with Crippen molar-refractivity contribution in [2.75, 3.05) is 0 Å². The highest BCUT2D eigenvalue weighted by atomic mass is 16.5. The van der Waals surface area contributed by atoms with E-state index < -0.39 is 40.4 Å². The Hall–Kier alpha value is -2.21. The molecule has 3 N–H and O–H groups in total. The number of hydrogen-bond donors (Lipinski definition) is 3. The number of aliphatic hydroxyl groups excluding tert-OH is 1. The summed E-state index contributed by atoms with van der Waals surface area (Å²) in [6.07, 6.45) is 4.25. The lowest BCUT2D eigenvalue weighted by molar-refractivity contribution is -0.127. The summed E-state index contributed by atoms with van der Waals surface area (Å²) in [4.78, 5) is 37.3. The van der Waals surface area contributed by atoms with E-state index in [9.17, 15) is 29.7 Å². The van der Waals surface area contributed by atoms with E-state index in [0.29, 0.717) is 0 Å². The SMILES string of the molecule is CC(C)=CC[C@H](CC(=O)/C=C/C(C)(C)O)C(=O)C(C(=O)CC(C)C)=C(O)O. The van der Waals surface area contributed by atoms with Gasteiger partial charge in [-0.3, -0.25) is 14.4 Å². The number of carbonyl (C=O) groups excluding carboxylic acids is 3. The lowest BCUT2D eigenvalue weighted by Gasteiger charge is -2.16. The Kier molecular flexibility index (Phi) is 9.94. The van der Waals surface area contributed by atoms with Gasteiger partial charge >= 0.3 is 0 Å². The highest BCUT2D eigenvalue weighted by Gasteiger charge is 2.31. The van der Waals surface area contributed by atoms with Crippen molar-refractivity contribution in [2.45, 2.75) is 66.4 Å². The number of ketones is 3. The predicted molar refractivity (Wildman–Crippen MR) is 104 cm³/mol. The third-order valence-electron chi connectivity index (χ3n) is 3.65. The summed E-state index contributed by atoms with van der Waals surface area (Å²) in [5, 5.41) is 28.6. The quantitative estimate of drug-likeness (QED) is 0.165. The first kappa shape index (κ1) is 24.8. The van der Waals surface area contributed by atoms with E-state index >= 15 is 0 Å². The van der Waals surface area contributed by atoms with Crippen molar-refractivity contribution in [3.63, 3.8) is 0 Å². The second kappa shape index (κ2) is 10.8. The van der Waals surface area contributed by atoms with Crippen LogP contribution in [-0.4, -0.2) is 38.3 Å². The molecule has 0 saturated carbocycles. The van der Waals surface area contributed by atoms with Crippen molar-refractivity contribution < 1.29 is 29.7 Å². The van der Waals surface area contributed by atoms with Crippen LogP contribution in [0, 0.1) is 11.8 Å². The van der Waals surface area contributed by atoms with Gasteiger partial charge in [0.2, 0.25) is 0 Å². The van der Waals surface area contributed by atoms with Crippen molar-refractivity contribution in [1.29, 1.82) is 0 Å². The average molecular weight is 380 g/mol. The van der Waals surface area contributed by atoms with Crippen molar-refractivity contribution >= 4 is 17.3 Å². The number of rotatable bonds is 11. The van der Waals surface area contributed by atoms with Crippen LogP contribution >= 0.6 is 0 Å². The molecule has 0 fully saturated rings. The molecule has 0 rings (SSSR count). The highest BCUT2D eigenvalue weighted by molar-refractivity contribution is 6.21. The minimum atomic E-state index is -1.31. The molecule has 1 atom stereocenters. The Morgan fingerprint density at radius 1 is 1.04 bits per heavy atom. The number of Topliss-reactive ketones (excluding diaryl/α,β-unsaturated/α-hetero) is 2. The predicted octanol–water partition coefficient (Wildman–Crippen LogP) is 3.76. The van der Waals surface area contributed by atoms with Crippen molar-refractivity contribution in [1.82, 2.24) is 0 Å². The van der Waals surface area contributed by atoms with Gasteiger partial charge in [0.1, 0.15) is 5.57 Å². The second-order valence-corrected chi connectivity index (χ2v) is 7.96. The fourth-order valence-corrected chi connectivity index (χ4v) is 2.32. The molecule has 0 radical (unpaired) electrons. The molecule has 27 heavy (non-hydrogen) atoms. The Morgan fingerprint density at radius 3 is 2.00 bits per heavy atom. The fourth-order valence-electron chi connectivity index (χ4n) is 2.32. The van der Waals surface area contributed by atoms with E-state index in [2.05, 4.69) is 0 Å². The minimum Gasteiger partial charge on any atom is -0.480 e. The maximum absolute atomic E-state index is 12.8. The molecule has 0 spiro atoms. The second-order valence-electron chi connectivity index (χ2n) is 7.96. The molecular weight excluding hydrogens is 348 g/mol. The maximum atomic E-state index is 12.8. The smallest absolute Gasteiger partial charge is 0.289 e. The summed E-state index contributed by atoms with van der Waals surface area (Å²) in [5.74, 6) is -4.09. The van der Waals surface area contributed by atoms with Crippen molar-refractivity contribution in [3.05, 3.63) is 35.3 Å². The largest absolute Gasteiger partial charge is 0.480 e. The summed E-state index contributed by atoms with van der Waals surface area (Å²) in [5.41, 5.74) is -0.897. The van der Waals surface area contributed by atoms with Gasteiger partial charge in [-0.1, -0.05) is 31.6 Å². The molecule has 0 saturated heterocycles. The summed E-state index contributed by atoms with van der Waals surface area (Å²) in [6, 6.07) is 0. The zero-order chi connectivity index (χ0) is 21.4. The van der Waals surface area contributed by atoms with Crippen LogP contribution in [0.1, 0.15) is 60.8 Å². The zero-order valence-corrected chi connectivity index (χ0v) is 17.1. The molecule has 0 aliphatic rings. The molecule has 0 aromatic rings. The summed E-state index contributed by atoms with van der Waals surface area (Å²) >= 11 is 0. The van der Waals surface area contributed by atoms with Gasteiger partial charge in [0.25, 0.3) is 5.95 Å². The van der Waals surface area contributed by atoms with Gasteiger partial charge in [0.05, 0.1) is 5.60 Å². The molecule has 0 aliphatic heterocycles. The maximum Gasteiger partial charge on any atom is 0.289 e. The van der Waals surface area contributed by atoms with E-state index in [1.54, 1.807) is 19.9 Å². The average Bonchev–Trinajstić information content (AvgIpc) is 2.47. The third kappa shape index (κ3) is 10.5. The number of carbonyl (C=O) groups is 3. The molecule has 152 valence electrons. The van der Waals surface area contributed by atoms with Crippen LogP contribution in [0.15, 0.2) is 35.3 Å².